The second kappa shape index (κ2) is 7.99. The summed E-state index contributed by atoms with van der Waals surface area (Å²) in [6.07, 6.45) is 4.62. The van der Waals surface area contributed by atoms with Crippen molar-refractivity contribution in [2.75, 3.05) is 19.6 Å². The molecule has 3 rings (SSSR count). The first kappa shape index (κ1) is 18.6. The van der Waals surface area contributed by atoms with E-state index in [1.54, 1.807) is 6.20 Å². The molecule has 1 amide bonds. The Kier molecular flexibility index (Phi) is 5.71. The predicted molar refractivity (Wildman–Crippen MR) is 102 cm³/mol. The number of aromatic nitrogens is 3. The summed E-state index contributed by atoms with van der Waals surface area (Å²) in [4.78, 5) is 12.3. The van der Waals surface area contributed by atoms with Crippen LogP contribution in [0.2, 0.25) is 0 Å². The van der Waals surface area contributed by atoms with Gasteiger partial charge in [0, 0.05) is 6.54 Å². The third kappa shape index (κ3) is 4.69. The Bertz CT molecular complexity index is 723. The summed E-state index contributed by atoms with van der Waals surface area (Å²) in [5.74, 6) is -0.156. The van der Waals surface area contributed by atoms with Crippen molar-refractivity contribution < 1.29 is 4.79 Å². The summed E-state index contributed by atoms with van der Waals surface area (Å²) >= 11 is 0. The van der Waals surface area contributed by atoms with Crippen LogP contribution in [0.3, 0.4) is 0 Å². The van der Waals surface area contributed by atoms with Crippen LogP contribution in [0.1, 0.15) is 61.3 Å². The third-order valence-electron chi connectivity index (χ3n) is 4.94. The highest BCUT2D eigenvalue weighted by Crippen LogP contribution is 2.22. The largest absolute Gasteiger partial charge is 0.350 e. The van der Waals surface area contributed by atoms with E-state index in [2.05, 4.69) is 66.0 Å². The molecule has 0 aliphatic carbocycles. The Labute approximate surface area is 155 Å². The van der Waals surface area contributed by atoms with Crippen LogP contribution in [0.25, 0.3) is 0 Å². The molecule has 1 aromatic carbocycles. The summed E-state index contributed by atoms with van der Waals surface area (Å²) in [6, 6.07) is 8.95. The molecule has 0 radical (unpaired) electrons. The molecule has 6 heteroatoms. The smallest absolute Gasteiger partial charge is 0.273 e. The molecule has 0 spiro atoms. The average molecular weight is 355 g/mol. The van der Waals surface area contributed by atoms with E-state index >= 15 is 0 Å². The number of carbonyl (C=O) groups excluding carboxylic acids is 1. The molecule has 0 atom stereocenters. The fourth-order valence-corrected chi connectivity index (χ4v) is 3.21. The van der Waals surface area contributed by atoms with Crippen LogP contribution in [-0.4, -0.2) is 40.5 Å². The van der Waals surface area contributed by atoms with E-state index in [0.717, 1.165) is 32.4 Å². The fraction of sp³-hybridized carbons (Fsp3) is 0.550. The van der Waals surface area contributed by atoms with Gasteiger partial charge in [-0.2, -0.15) is 0 Å². The maximum Gasteiger partial charge on any atom is 0.273 e. The van der Waals surface area contributed by atoms with Gasteiger partial charge in [-0.1, -0.05) is 50.3 Å². The molecular weight excluding hydrogens is 326 g/mol. The molecule has 1 aliphatic heterocycles. The number of benzene rings is 1. The Hall–Kier alpha value is -2.21. The minimum atomic E-state index is -0.156. The number of hydrogen-bond acceptors (Lipinski definition) is 4. The maximum atomic E-state index is 12.3. The van der Waals surface area contributed by atoms with E-state index in [4.69, 9.17) is 0 Å². The van der Waals surface area contributed by atoms with Gasteiger partial charge in [0.25, 0.3) is 5.91 Å². The third-order valence-corrected chi connectivity index (χ3v) is 4.94. The SMILES string of the molecule is CC(C)(C)c1ccc(CCNC(=O)c2cn(C3CCNCC3)nn2)cc1. The van der Waals surface area contributed by atoms with Gasteiger partial charge in [0.05, 0.1) is 12.2 Å². The molecular formula is C20H29N5O. The second-order valence-electron chi connectivity index (χ2n) is 8.02. The first-order chi connectivity index (χ1) is 12.4. The topological polar surface area (TPSA) is 71.8 Å². The van der Waals surface area contributed by atoms with Crippen molar-refractivity contribution in [1.29, 1.82) is 0 Å². The first-order valence-corrected chi connectivity index (χ1v) is 9.43. The lowest BCUT2D eigenvalue weighted by Gasteiger charge is -2.22. The van der Waals surface area contributed by atoms with E-state index < -0.39 is 0 Å². The average Bonchev–Trinajstić information content (AvgIpc) is 3.12. The number of nitrogens with one attached hydrogen (secondary N) is 2. The van der Waals surface area contributed by atoms with E-state index in [-0.39, 0.29) is 11.3 Å². The van der Waals surface area contributed by atoms with Gasteiger partial charge in [-0.15, -0.1) is 5.10 Å². The molecule has 0 unspecified atom stereocenters. The minimum absolute atomic E-state index is 0.156. The van der Waals surface area contributed by atoms with Gasteiger partial charge in [-0.05, 0) is 48.9 Å². The monoisotopic (exact) mass is 355 g/mol. The van der Waals surface area contributed by atoms with E-state index in [1.165, 1.54) is 11.1 Å². The van der Waals surface area contributed by atoms with Gasteiger partial charge in [0.15, 0.2) is 5.69 Å². The van der Waals surface area contributed by atoms with Gasteiger partial charge in [-0.25, -0.2) is 4.68 Å². The summed E-state index contributed by atoms with van der Waals surface area (Å²) in [5.41, 5.74) is 3.09. The van der Waals surface area contributed by atoms with Crippen molar-refractivity contribution in [3.8, 4) is 0 Å². The molecule has 0 bridgehead atoms. The van der Waals surface area contributed by atoms with Crippen molar-refractivity contribution in [3.63, 3.8) is 0 Å². The lowest BCUT2D eigenvalue weighted by atomic mass is 9.86. The molecule has 6 nitrogen and oxygen atoms in total. The zero-order valence-electron chi connectivity index (χ0n) is 16.0. The zero-order chi connectivity index (χ0) is 18.6. The van der Waals surface area contributed by atoms with Crippen LogP contribution in [0.5, 0.6) is 0 Å². The molecule has 1 saturated heterocycles. The summed E-state index contributed by atoms with van der Waals surface area (Å²) < 4.78 is 1.83. The normalized spacial score (nSPS) is 15.8. The highest BCUT2D eigenvalue weighted by atomic mass is 16.2. The van der Waals surface area contributed by atoms with E-state index in [1.807, 2.05) is 4.68 Å². The van der Waals surface area contributed by atoms with E-state index in [9.17, 15) is 4.79 Å². The number of amides is 1. The number of piperidine rings is 1. The fourth-order valence-electron chi connectivity index (χ4n) is 3.21. The molecule has 140 valence electrons. The molecule has 2 heterocycles. The molecule has 0 saturated carbocycles. The number of nitrogens with zero attached hydrogens (tertiary/aromatic N) is 3. The highest BCUT2D eigenvalue weighted by molar-refractivity contribution is 5.91. The van der Waals surface area contributed by atoms with Crippen LogP contribution < -0.4 is 10.6 Å². The van der Waals surface area contributed by atoms with Gasteiger partial charge in [0.1, 0.15) is 0 Å². The van der Waals surface area contributed by atoms with E-state index in [0.29, 0.717) is 18.3 Å². The number of hydrogen-bond donors (Lipinski definition) is 2. The Morgan fingerprint density at radius 1 is 1.23 bits per heavy atom. The molecule has 26 heavy (non-hydrogen) atoms. The van der Waals surface area contributed by atoms with Crippen molar-refractivity contribution in [3.05, 3.63) is 47.3 Å². The maximum absolute atomic E-state index is 12.3. The minimum Gasteiger partial charge on any atom is -0.350 e. The molecule has 1 aromatic heterocycles. The van der Waals surface area contributed by atoms with Gasteiger partial charge < -0.3 is 10.6 Å². The van der Waals surface area contributed by atoms with Gasteiger partial charge in [0.2, 0.25) is 0 Å². The Balaban J connectivity index is 1.49. The van der Waals surface area contributed by atoms with Crippen LogP contribution in [0.15, 0.2) is 30.5 Å². The van der Waals surface area contributed by atoms with Crippen molar-refractivity contribution in [2.24, 2.45) is 0 Å². The Morgan fingerprint density at radius 2 is 1.92 bits per heavy atom. The lowest BCUT2D eigenvalue weighted by molar-refractivity contribution is 0.0949. The van der Waals surface area contributed by atoms with Gasteiger partial charge in [-0.3, -0.25) is 4.79 Å². The van der Waals surface area contributed by atoms with Crippen molar-refractivity contribution in [1.82, 2.24) is 25.6 Å². The standard InChI is InChI=1S/C20H29N5O/c1-20(2,3)16-6-4-15(5-7-16)8-13-22-19(26)18-14-25(24-23-18)17-9-11-21-12-10-17/h4-7,14,17,21H,8-13H2,1-3H3,(H,22,26). The zero-order valence-corrected chi connectivity index (χ0v) is 16.0. The van der Waals surface area contributed by atoms with Gasteiger partial charge >= 0.3 is 0 Å². The lowest BCUT2D eigenvalue weighted by Crippen LogP contribution is -2.29. The van der Waals surface area contributed by atoms with Crippen molar-refractivity contribution in [2.45, 2.75) is 51.5 Å². The van der Waals surface area contributed by atoms with Crippen LogP contribution in [0, 0.1) is 0 Å². The highest BCUT2D eigenvalue weighted by Gasteiger charge is 2.18. The van der Waals surface area contributed by atoms with Crippen LogP contribution >= 0.6 is 0 Å². The summed E-state index contributed by atoms with van der Waals surface area (Å²) in [6.45, 7) is 9.19. The van der Waals surface area contributed by atoms with Crippen LogP contribution in [-0.2, 0) is 11.8 Å². The second-order valence-corrected chi connectivity index (χ2v) is 8.02. The van der Waals surface area contributed by atoms with Crippen molar-refractivity contribution >= 4 is 5.91 Å². The molecule has 1 aliphatic rings. The summed E-state index contributed by atoms with van der Waals surface area (Å²) in [5, 5.41) is 14.4. The molecule has 2 aromatic rings. The molecule has 2 N–H and O–H groups in total. The van der Waals surface area contributed by atoms with Crippen LogP contribution in [0.4, 0.5) is 0 Å². The quantitative estimate of drug-likeness (QED) is 0.864. The molecule has 1 fully saturated rings. The predicted octanol–water partition coefficient (Wildman–Crippen LogP) is 2.47. The Morgan fingerprint density at radius 3 is 2.58 bits per heavy atom. The number of carbonyl (C=O) groups is 1. The summed E-state index contributed by atoms with van der Waals surface area (Å²) in [7, 11) is 0. The number of rotatable bonds is 5. The first-order valence-electron chi connectivity index (χ1n) is 9.43.